The van der Waals surface area contributed by atoms with Crippen molar-refractivity contribution < 1.29 is 9.53 Å². The molecule has 0 aliphatic rings. The van der Waals surface area contributed by atoms with Crippen molar-refractivity contribution in [3.63, 3.8) is 0 Å². The maximum Gasteiger partial charge on any atom is 0.305 e. The summed E-state index contributed by atoms with van der Waals surface area (Å²) in [5.74, 6) is 0.606. The van der Waals surface area contributed by atoms with Crippen molar-refractivity contribution >= 4 is 11.7 Å². The summed E-state index contributed by atoms with van der Waals surface area (Å²) in [6, 6.07) is 0. The second-order valence-electron chi connectivity index (χ2n) is 4.83. The lowest BCUT2D eigenvalue weighted by molar-refractivity contribution is -0.143. The zero-order valence-electron chi connectivity index (χ0n) is 11.8. The maximum atomic E-state index is 11.1. The average molecular weight is 241 g/mol. The van der Waals surface area contributed by atoms with Crippen LogP contribution in [0.4, 0.5) is 0 Å². The summed E-state index contributed by atoms with van der Waals surface area (Å²) in [6.07, 6.45) is 4.66. The molecule has 0 aliphatic heterocycles. The van der Waals surface area contributed by atoms with Gasteiger partial charge in [-0.2, -0.15) is 0 Å². The second-order valence-corrected chi connectivity index (χ2v) is 4.83. The topological polar surface area (TPSA) is 38.7 Å². The van der Waals surface area contributed by atoms with Crippen LogP contribution in [0.3, 0.4) is 0 Å². The largest absolute Gasteiger partial charge is 0.466 e. The van der Waals surface area contributed by atoms with Gasteiger partial charge in [-0.05, 0) is 39.0 Å². The van der Waals surface area contributed by atoms with Crippen molar-refractivity contribution in [2.24, 2.45) is 10.9 Å². The van der Waals surface area contributed by atoms with Crippen molar-refractivity contribution in [1.29, 1.82) is 0 Å². The minimum atomic E-state index is -0.0769. The first-order valence-corrected chi connectivity index (χ1v) is 6.71. The minimum Gasteiger partial charge on any atom is -0.466 e. The highest BCUT2D eigenvalue weighted by Gasteiger charge is 2.00. The number of hydrogen-bond donors (Lipinski definition) is 0. The molecule has 0 saturated heterocycles. The average Bonchev–Trinajstić information content (AvgIpc) is 2.22. The molecule has 0 rings (SSSR count). The van der Waals surface area contributed by atoms with E-state index in [-0.39, 0.29) is 5.97 Å². The van der Waals surface area contributed by atoms with Crippen LogP contribution in [0.25, 0.3) is 0 Å². The fraction of sp³-hybridized carbons (Fsp3) is 0.857. The van der Waals surface area contributed by atoms with Crippen molar-refractivity contribution in [3.05, 3.63) is 0 Å². The number of hydrogen-bond acceptors (Lipinski definition) is 3. The predicted octanol–water partition coefficient (Wildman–Crippen LogP) is 3.62. The van der Waals surface area contributed by atoms with E-state index in [0.29, 0.717) is 18.9 Å². The SMILES string of the molecule is CCOC(=O)CCCCCN=C(C)CC(C)C. The van der Waals surface area contributed by atoms with Crippen LogP contribution in [0, 0.1) is 5.92 Å². The van der Waals surface area contributed by atoms with E-state index < -0.39 is 0 Å². The summed E-state index contributed by atoms with van der Waals surface area (Å²) in [6.45, 7) is 9.72. The Hall–Kier alpha value is -0.860. The lowest BCUT2D eigenvalue weighted by Gasteiger charge is -2.04. The maximum absolute atomic E-state index is 11.1. The van der Waals surface area contributed by atoms with Gasteiger partial charge in [0.2, 0.25) is 0 Å². The van der Waals surface area contributed by atoms with E-state index in [0.717, 1.165) is 32.2 Å². The monoisotopic (exact) mass is 241 g/mol. The van der Waals surface area contributed by atoms with Crippen LogP contribution in [0.5, 0.6) is 0 Å². The van der Waals surface area contributed by atoms with Crippen LogP contribution in [-0.4, -0.2) is 24.8 Å². The first kappa shape index (κ1) is 16.1. The van der Waals surface area contributed by atoms with Crippen LogP contribution >= 0.6 is 0 Å². The van der Waals surface area contributed by atoms with Crippen molar-refractivity contribution in [3.8, 4) is 0 Å². The third-order valence-electron chi connectivity index (χ3n) is 2.43. The number of nitrogens with zero attached hydrogens (tertiary/aromatic N) is 1. The molecule has 0 aliphatic carbocycles. The first-order chi connectivity index (χ1) is 8.06. The molecule has 0 heterocycles. The number of aliphatic imine (C=N–C) groups is 1. The fourth-order valence-electron chi connectivity index (χ4n) is 1.72. The number of carbonyl (C=O) groups is 1. The molecule has 17 heavy (non-hydrogen) atoms. The predicted molar refractivity (Wildman–Crippen MR) is 72.5 cm³/mol. The van der Waals surface area contributed by atoms with Gasteiger partial charge >= 0.3 is 5.97 Å². The van der Waals surface area contributed by atoms with Crippen LogP contribution in [-0.2, 0) is 9.53 Å². The van der Waals surface area contributed by atoms with Gasteiger partial charge in [0.25, 0.3) is 0 Å². The zero-order chi connectivity index (χ0) is 13.1. The Morgan fingerprint density at radius 3 is 2.53 bits per heavy atom. The van der Waals surface area contributed by atoms with E-state index >= 15 is 0 Å². The van der Waals surface area contributed by atoms with Gasteiger partial charge in [-0.1, -0.05) is 20.3 Å². The van der Waals surface area contributed by atoms with E-state index in [1.807, 2.05) is 6.92 Å². The third kappa shape index (κ3) is 11.4. The zero-order valence-corrected chi connectivity index (χ0v) is 11.8. The minimum absolute atomic E-state index is 0.0769. The molecule has 0 spiro atoms. The Morgan fingerprint density at radius 2 is 1.94 bits per heavy atom. The Balaban J connectivity index is 3.43. The molecule has 100 valence electrons. The number of esters is 1. The van der Waals surface area contributed by atoms with Crippen molar-refractivity contribution in [1.82, 2.24) is 0 Å². The molecule has 0 saturated carbocycles. The molecular weight excluding hydrogens is 214 g/mol. The van der Waals surface area contributed by atoms with Gasteiger partial charge in [-0.3, -0.25) is 9.79 Å². The smallest absolute Gasteiger partial charge is 0.305 e. The van der Waals surface area contributed by atoms with Gasteiger partial charge in [0.1, 0.15) is 0 Å². The molecular formula is C14H27NO2. The Kier molecular flexibility index (Phi) is 9.78. The number of ether oxygens (including phenoxy) is 1. The highest BCUT2D eigenvalue weighted by molar-refractivity contribution is 5.82. The van der Waals surface area contributed by atoms with E-state index in [1.54, 1.807) is 0 Å². The molecule has 3 heteroatoms. The number of unbranched alkanes of at least 4 members (excludes halogenated alkanes) is 2. The molecule has 0 unspecified atom stereocenters. The fourth-order valence-corrected chi connectivity index (χ4v) is 1.72. The summed E-state index contributed by atoms with van der Waals surface area (Å²) in [4.78, 5) is 15.6. The number of rotatable bonds is 9. The van der Waals surface area contributed by atoms with Gasteiger partial charge in [0, 0.05) is 18.7 Å². The summed E-state index contributed by atoms with van der Waals surface area (Å²) in [5.41, 5.74) is 1.24. The normalized spacial score (nSPS) is 11.9. The first-order valence-electron chi connectivity index (χ1n) is 6.71. The van der Waals surface area contributed by atoms with Gasteiger partial charge in [-0.25, -0.2) is 0 Å². The van der Waals surface area contributed by atoms with E-state index in [4.69, 9.17) is 4.74 Å². The van der Waals surface area contributed by atoms with Crippen molar-refractivity contribution in [2.45, 2.75) is 59.8 Å². The van der Waals surface area contributed by atoms with Crippen LogP contribution in [0.1, 0.15) is 59.8 Å². The second kappa shape index (κ2) is 10.3. The quantitative estimate of drug-likeness (QED) is 0.351. The Morgan fingerprint density at radius 1 is 1.24 bits per heavy atom. The molecule has 0 bridgehead atoms. The van der Waals surface area contributed by atoms with E-state index in [1.165, 1.54) is 5.71 Å². The van der Waals surface area contributed by atoms with Gasteiger partial charge in [-0.15, -0.1) is 0 Å². The Labute approximate surface area is 106 Å². The summed E-state index contributed by atoms with van der Waals surface area (Å²) in [5, 5.41) is 0. The molecule has 0 aromatic carbocycles. The lowest BCUT2D eigenvalue weighted by atomic mass is 10.1. The van der Waals surface area contributed by atoms with Crippen molar-refractivity contribution in [2.75, 3.05) is 13.2 Å². The van der Waals surface area contributed by atoms with Crippen LogP contribution in [0.2, 0.25) is 0 Å². The van der Waals surface area contributed by atoms with Gasteiger partial charge in [0.05, 0.1) is 6.61 Å². The Bertz CT molecular complexity index is 234. The lowest BCUT2D eigenvalue weighted by Crippen LogP contribution is -2.03. The molecule has 0 atom stereocenters. The molecule has 3 nitrogen and oxygen atoms in total. The highest BCUT2D eigenvalue weighted by atomic mass is 16.5. The summed E-state index contributed by atoms with van der Waals surface area (Å²) in [7, 11) is 0. The van der Waals surface area contributed by atoms with Crippen LogP contribution < -0.4 is 0 Å². The van der Waals surface area contributed by atoms with Crippen LogP contribution in [0.15, 0.2) is 4.99 Å². The summed E-state index contributed by atoms with van der Waals surface area (Å²) >= 11 is 0. The standard InChI is InChI=1S/C14H27NO2/c1-5-17-14(16)9-7-6-8-10-15-13(4)11-12(2)3/h12H,5-11H2,1-4H3. The number of carbonyl (C=O) groups excluding carboxylic acids is 1. The van der Waals surface area contributed by atoms with E-state index in [9.17, 15) is 4.79 Å². The molecule has 0 aromatic heterocycles. The van der Waals surface area contributed by atoms with Gasteiger partial charge < -0.3 is 4.74 Å². The molecule has 0 aromatic rings. The third-order valence-corrected chi connectivity index (χ3v) is 2.43. The molecule has 0 fully saturated rings. The molecule has 0 radical (unpaired) electrons. The highest BCUT2D eigenvalue weighted by Crippen LogP contribution is 2.04. The molecule has 0 N–H and O–H groups in total. The summed E-state index contributed by atoms with van der Waals surface area (Å²) < 4.78 is 4.86. The van der Waals surface area contributed by atoms with E-state index in [2.05, 4.69) is 25.8 Å². The molecule has 0 amide bonds. The van der Waals surface area contributed by atoms with Gasteiger partial charge in [0.15, 0.2) is 0 Å².